The van der Waals surface area contributed by atoms with E-state index in [0.29, 0.717) is 10.8 Å². The Morgan fingerprint density at radius 3 is 1.41 bits per heavy atom. The van der Waals surface area contributed by atoms with Gasteiger partial charge in [0, 0.05) is 6.54 Å². The van der Waals surface area contributed by atoms with Crippen molar-refractivity contribution in [1.82, 2.24) is 4.90 Å². The molecule has 1 heteroatoms. The maximum atomic E-state index is 2.37. The second kappa shape index (κ2) is 8.97. The molecule has 0 amide bonds. The molecule has 0 aromatic carbocycles. The second-order valence-electron chi connectivity index (χ2n) is 7.10. The minimum Gasteiger partial charge on any atom is -0.309 e. The standard InChI is InChI=1S/C12H27N.C4H10/c1-8-11(2,3)9-12(4,5)10-13(6)7;1-3-4-2/h8-10H2,1-7H3;3-4H2,1-2H3. The minimum absolute atomic E-state index is 0.434. The number of nitrogens with zero attached hydrogens (tertiary/aromatic N) is 1. The van der Waals surface area contributed by atoms with Gasteiger partial charge in [-0.1, -0.05) is 67.7 Å². The predicted molar refractivity (Wildman–Crippen MR) is 81.6 cm³/mol. The van der Waals surface area contributed by atoms with Crippen LogP contribution in [0.2, 0.25) is 0 Å². The first-order chi connectivity index (χ1) is 7.60. The fourth-order valence-corrected chi connectivity index (χ4v) is 2.33. The van der Waals surface area contributed by atoms with Gasteiger partial charge in [-0.15, -0.1) is 0 Å². The molecule has 0 fully saturated rings. The zero-order valence-corrected chi connectivity index (χ0v) is 14.0. The summed E-state index contributed by atoms with van der Waals surface area (Å²) in [5.74, 6) is 0. The Bertz CT molecular complexity index is 166. The van der Waals surface area contributed by atoms with Gasteiger partial charge in [-0.3, -0.25) is 0 Å². The van der Waals surface area contributed by atoms with Crippen LogP contribution in [0.15, 0.2) is 0 Å². The van der Waals surface area contributed by atoms with E-state index >= 15 is 0 Å². The fourth-order valence-electron chi connectivity index (χ4n) is 2.33. The van der Waals surface area contributed by atoms with Gasteiger partial charge < -0.3 is 4.90 Å². The summed E-state index contributed by atoms with van der Waals surface area (Å²) in [7, 11) is 4.31. The van der Waals surface area contributed by atoms with Crippen LogP contribution in [0.4, 0.5) is 0 Å². The van der Waals surface area contributed by atoms with Crippen LogP contribution in [0.3, 0.4) is 0 Å². The van der Waals surface area contributed by atoms with Crippen LogP contribution in [0, 0.1) is 10.8 Å². The SMILES string of the molecule is CCC(C)(C)CC(C)(C)CN(C)C.CCCC. The Balaban J connectivity index is 0. The van der Waals surface area contributed by atoms with Crippen LogP contribution in [0.25, 0.3) is 0 Å². The molecular formula is C16H37N. The monoisotopic (exact) mass is 243 g/mol. The highest BCUT2D eigenvalue weighted by atomic mass is 15.1. The Morgan fingerprint density at radius 1 is 0.765 bits per heavy atom. The lowest BCUT2D eigenvalue weighted by Gasteiger charge is -2.36. The second-order valence-corrected chi connectivity index (χ2v) is 7.10. The molecule has 0 saturated carbocycles. The number of rotatable bonds is 6. The fraction of sp³-hybridized carbons (Fsp3) is 1.00. The summed E-state index contributed by atoms with van der Waals surface area (Å²) < 4.78 is 0. The summed E-state index contributed by atoms with van der Waals surface area (Å²) in [5.41, 5.74) is 0.919. The van der Waals surface area contributed by atoms with E-state index in [1.54, 1.807) is 0 Å². The molecule has 0 bridgehead atoms. The van der Waals surface area contributed by atoms with Gasteiger partial charge in [-0.2, -0.15) is 0 Å². The molecule has 0 atom stereocenters. The molecule has 0 unspecified atom stereocenters. The highest BCUT2D eigenvalue weighted by molar-refractivity contribution is 4.79. The minimum atomic E-state index is 0.434. The van der Waals surface area contributed by atoms with E-state index in [0.717, 1.165) is 0 Å². The third-order valence-electron chi connectivity index (χ3n) is 3.16. The van der Waals surface area contributed by atoms with Crippen molar-refractivity contribution in [2.45, 2.75) is 74.1 Å². The molecule has 0 aliphatic carbocycles. The molecule has 0 spiro atoms. The van der Waals surface area contributed by atoms with Gasteiger partial charge in [0.25, 0.3) is 0 Å². The van der Waals surface area contributed by atoms with E-state index in [1.165, 1.54) is 32.2 Å². The Morgan fingerprint density at radius 2 is 1.18 bits per heavy atom. The van der Waals surface area contributed by atoms with Crippen molar-refractivity contribution in [2.75, 3.05) is 20.6 Å². The zero-order chi connectivity index (χ0) is 14.1. The molecule has 1 nitrogen and oxygen atoms in total. The molecule has 0 radical (unpaired) electrons. The Kier molecular flexibility index (Phi) is 10.2. The van der Waals surface area contributed by atoms with Crippen molar-refractivity contribution < 1.29 is 0 Å². The first-order valence-corrected chi connectivity index (χ1v) is 7.25. The van der Waals surface area contributed by atoms with Crippen LogP contribution in [-0.2, 0) is 0 Å². The zero-order valence-electron chi connectivity index (χ0n) is 14.0. The summed E-state index contributed by atoms with van der Waals surface area (Å²) in [5, 5.41) is 0. The van der Waals surface area contributed by atoms with Crippen LogP contribution >= 0.6 is 0 Å². The predicted octanol–water partition coefficient (Wildman–Crippen LogP) is 5.21. The molecule has 17 heavy (non-hydrogen) atoms. The number of unbranched alkanes of at least 4 members (excludes halogenated alkanes) is 1. The lowest BCUT2D eigenvalue weighted by atomic mass is 9.73. The summed E-state index contributed by atoms with van der Waals surface area (Å²) in [6, 6.07) is 0. The first kappa shape index (κ1) is 19.3. The third-order valence-corrected chi connectivity index (χ3v) is 3.16. The highest BCUT2D eigenvalue weighted by Crippen LogP contribution is 2.36. The van der Waals surface area contributed by atoms with Gasteiger partial charge in [0.15, 0.2) is 0 Å². The van der Waals surface area contributed by atoms with Crippen LogP contribution in [0.5, 0.6) is 0 Å². The van der Waals surface area contributed by atoms with Crippen molar-refractivity contribution in [3.63, 3.8) is 0 Å². The molecule has 0 rings (SSSR count). The maximum absolute atomic E-state index is 2.37. The van der Waals surface area contributed by atoms with Crippen LogP contribution in [0.1, 0.15) is 74.1 Å². The largest absolute Gasteiger partial charge is 0.309 e. The molecule has 0 saturated heterocycles. The topological polar surface area (TPSA) is 3.24 Å². The lowest BCUT2D eigenvalue weighted by molar-refractivity contribution is 0.147. The lowest BCUT2D eigenvalue weighted by Crippen LogP contribution is -2.32. The number of hydrogen-bond acceptors (Lipinski definition) is 1. The summed E-state index contributed by atoms with van der Waals surface area (Å²) in [6.45, 7) is 17.3. The van der Waals surface area contributed by atoms with E-state index in [9.17, 15) is 0 Å². The molecule has 0 aliphatic rings. The van der Waals surface area contributed by atoms with Crippen LogP contribution in [-0.4, -0.2) is 25.5 Å². The van der Waals surface area contributed by atoms with Gasteiger partial charge >= 0.3 is 0 Å². The Hall–Kier alpha value is -0.0400. The van der Waals surface area contributed by atoms with Crippen molar-refractivity contribution in [3.8, 4) is 0 Å². The van der Waals surface area contributed by atoms with Gasteiger partial charge in [-0.25, -0.2) is 0 Å². The molecule has 0 N–H and O–H groups in total. The smallest absolute Gasteiger partial charge is 0.00268 e. The maximum Gasteiger partial charge on any atom is 0.00268 e. The normalized spacial score (nSPS) is 12.4. The molecule has 106 valence electrons. The van der Waals surface area contributed by atoms with E-state index < -0.39 is 0 Å². The average Bonchev–Trinajstić information content (AvgIpc) is 2.14. The molecule has 0 heterocycles. The summed E-state index contributed by atoms with van der Waals surface area (Å²) >= 11 is 0. The van der Waals surface area contributed by atoms with Crippen molar-refractivity contribution in [2.24, 2.45) is 10.8 Å². The average molecular weight is 243 g/mol. The number of hydrogen-bond donors (Lipinski definition) is 0. The van der Waals surface area contributed by atoms with Gasteiger partial charge in [0.05, 0.1) is 0 Å². The quantitative estimate of drug-likeness (QED) is 0.619. The third kappa shape index (κ3) is 13.9. The van der Waals surface area contributed by atoms with Gasteiger partial charge in [0.2, 0.25) is 0 Å². The van der Waals surface area contributed by atoms with Crippen molar-refractivity contribution in [3.05, 3.63) is 0 Å². The van der Waals surface area contributed by atoms with E-state index in [2.05, 4.69) is 67.5 Å². The molecule has 0 aliphatic heterocycles. The van der Waals surface area contributed by atoms with Gasteiger partial charge in [-0.05, 0) is 31.3 Å². The molecular weight excluding hydrogens is 206 g/mol. The molecule has 0 aromatic rings. The van der Waals surface area contributed by atoms with Crippen molar-refractivity contribution >= 4 is 0 Å². The van der Waals surface area contributed by atoms with Crippen LogP contribution < -0.4 is 0 Å². The summed E-state index contributed by atoms with van der Waals surface area (Å²) in [4.78, 5) is 2.28. The van der Waals surface area contributed by atoms with E-state index in [-0.39, 0.29) is 0 Å². The van der Waals surface area contributed by atoms with E-state index in [1.807, 2.05) is 0 Å². The first-order valence-electron chi connectivity index (χ1n) is 7.25. The van der Waals surface area contributed by atoms with Gasteiger partial charge in [0.1, 0.15) is 0 Å². The summed E-state index contributed by atoms with van der Waals surface area (Å²) in [6.07, 6.45) is 5.21. The highest BCUT2D eigenvalue weighted by Gasteiger charge is 2.27. The Labute approximate surface area is 111 Å². The molecule has 0 aromatic heterocycles. The van der Waals surface area contributed by atoms with E-state index in [4.69, 9.17) is 0 Å². The van der Waals surface area contributed by atoms with Crippen molar-refractivity contribution in [1.29, 1.82) is 0 Å².